The number of rotatable bonds is 4. The zero-order chi connectivity index (χ0) is 13.0. The molecule has 2 unspecified atom stereocenters. The summed E-state index contributed by atoms with van der Waals surface area (Å²) < 4.78 is 5.99. The molecule has 18 heavy (non-hydrogen) atoms. The normalized spacial score (nSPS) is 24.2. The van der Waals surface area contributed by atoms with Gasteiger partial charge in [-0.25, -0.2) is 0 Å². The van der Waals surface area contributed by atoms with Crippen LogP contribution >= 0.6 is 23.2 Å². The minimum atomic E-state index is 0.290. The number of ether oxygens (including phenoxy) is 1. The van der Waals surface area contributed by atoms with Crippen LogP contribution in [0.3, 0.4) is 0 Å². The minimum absolute atomic E-state index is 0.290. The van der Waals surface area contributed by atoms with Crippen molar-refractivity contribution in [1.82, 2.24) is 0 Å². The molecule has 4 heteroatoms. The van der Waals surface area contributed by atoms with Gasteiger partial charge < -0.3 is 10.5 Å². The van der Waals surface area contributed by atoms with Crippen molar-refractivity contribution in [3.8, 4) is 0 Å². The van der Waals surface area contributed by atoms with Gasteiger partial charge in [-0.2, -0.15) is 0 Å². The smallest absolute Gasteiger partial charge is 0.0721 e. The van der Waals surface area contributed by atoms with Crippen LogP contribution in [0.25, 0.3) is 0 Å². The highest BCUT2D eigenvalue weighted by Crippen LogP contribution is 2.28. The Bertz CT molecular complexity index is 397. The van der Waals surface area contributed by atoms with Crippen LogP contribution in [0.1, 0.15) is 31.2 Å². The van der Waals surface area contributed by atoms with Crippen molar-refractivity contribution in [1.29, 1.82) is 0 Å². The van der Waals surface area contributed by atoms with Gasteiger partial charge in [0.15, 0.2) is 0 Å². The largest absolute Gasteiger partial charge is 0.373 e. The Balaban J connectivity index is 1.91. The van der Waals surface area contributed by atoms with Gasteiger partial charge in [-0.1, -0.05) is 42.1 Å². The predicted octanol–water partition coefficient (Wildman–Crippen LogP) is 4.03. The number of hydrogen-bond acceptors (Lipinski definition) is 2. The second kappa shape index (κ2) is 6.76. The van der Waals surface area contributed by atoms with Gasteiger partial charge in [0.2, 0.25) is 0 Å². The molecule has 1 aromatic carbocycles. The lowest BCUT2D eigenvalue weighted by atomic mass is 9.86. The van der Waals surface area contributed by atoms with Crippen molar-refractivity contribution >= 4 is 23.2 Å². The zero-order valence-electron chi connectivity index (χ0n) is 10.4. The molecule has 0 bridgehead atoms. The van der Waals surface area contributed by atoms with E-state index in [1.165, 1.54) is 19.3 Å². The number of benzene rings is 1. The molecular formula is C14H19Cl2NO. The highest BCUT2D eigenvalue weighted by Gasteiger charge is 2.24. The molecule has 2 nitrogen and oxygen atoms in total. The second-order valence-electron chi connectivity index (χ2n) is 4.88. The maximum atomic E-state index is 5.99. The molecule has 0 spiro atoms. The van der Waals surface area contributed by atoms with Crippen LogP contribution in [-0.4, -0.2) is 12.6 Å². The molecule has 1 aliphatic carbocycles. The summed E-state index contributed by atoms with van der Waals surface area (Å²) in [6, 6.07) is 5.63. The summed E-state index contributed by atoms with van der Waals surface area (Å²) in [7, 11) is 0. The molecule has 0 amide bonds. The molecule has 0 saturated heterocycles. The highest BCUT2D eigenvalue weighted by atomic mass is 35.5. The first-order valence-electron chi connectivity index (χ1n) is 6.46. The number of nitrogens with two attached hydrogens (primary N) is 1. The van der Waals surface area contributed by atoms with Crippen LogP contribution in [0.15, 0.2) is 18.2 Å². The van der Waals surface area contributed by atoms with E-state index in [-0.39, 0.29) is 0 Å². The molecule has 1 aromatic rings. The summed E-state index contributed by atoms with van der Waals surface area (Å²) in [5.41, 5.74) is 6.85. The van der Waals surface area contributed by atoms with Gasteiger partial charge in [-0.15, -0.1) is 0 Å². The topological polar surface area (TPSA) is 35.2 Å². The van der Waals surface area contributed by atoms with Gasteiger partial charge >= 0.3 is 0 Å². The molecule has 0 radical (unpaired) electrons. The molecule has 0 aromatic heterocycles. The average molecular weight is 288 g/mol. The van der Waals surface area contributed by atoms with Gasteiger partial charge in [0, 0.05) is 0 Å². The molecule has 2 N–H and O–H groups in total. The molecule has 2 atom stereocenters. The Morgan fingerprint density at radius 2 is 1.94 bits per heavy atom. The van der Waals surface area contributed by atoms with Gasteiger partial charge in [0.1, 0.15) is 0 Å². The van der Waals surface area contributed by atoms with Crippen molar-refractivity contribution in [2.75, 3.05) is 6.54 Å². The minimum Gasteiger partial charge on any atom is -0.373 e. The fourth-order valence-electron chi connectivity index (χ4n) is 2.50. The Morgan fingerprint density at radius 1 is 1.17 bits per heavy atom. The summed E-state index contributed by atoms with van der Waals surface area (Å²) in [5.74, 6) is 0.501. The Labute approximate surface area is 118 Å². The number of hydrogen-bond donors (Lipinski definition) is 1. The van der Waals surface area contributed by atoms with E-state index in [2.05, 4.69) is 0 Å². The van der Waals surface area contributed by atoms with E-state index in [0.717, 1.165) is 12.0 Å². The SMILES string of the molecule is NCC1CCCCC1OCc1ccc(Cl)c(Cl)c1. The zero-order valence-corrected chi connectivity index (χ0v) is 11.9. The van der Waals surface area contributed by atoms with Gasteiger partial charge in [0.25, 0.3) is 0 Å². The van der Waals surface area contributed by atoms with Gasteiger partial charge in [-0.3, -0.25) is 0 Å². The van der Waals surface area contributed by atoms with Crippen LogP contribution in [-0.2, 0) is 11.3 Å². The molecule has 2 rings (SSSR count). The lowest BCUT2D eigenvalue weighted by Gasteiger charge is -2.30. The summed E-state index contributed by atoms with van der Waals surface area (Å²) in [5, 5.41) is 1.16. The Morgan fingerprint density at radius 3 is 2.67 bits per heavy atom. The van der Waals surface area contributed by atoms with Crippen LogP contribution in [0.4, 0.5) is 0 Å². The Hall–Kier alpha value is -0.280. The molecule has 1 fully saturated rings. The quantitative estimate of drug-likeness (QED) is 0.908. The van der Waals surface area contributed by atoms with Crippen molar-refractivity contribution in [2.45, 2.75) is 38.4 Å². The third kappa shape index (κ3) is 3.61. The molecule has 1 aliphatic rings. The van der Waals surface area contributed by atoms with E-state index < -0.39 is 0 Å². The standard InChI is InChI=1S/C14H19Cl2NO/c15-12-6-5-10(7-13(12)16)9-18-14-4-2-1-3-11(14)8-17/h5-7,11,14H,1-4,8-9,17H2. The van der Waals surface area contributed by atoms with Crippen molar-refractivity contribution in [3.05, 3.63) is 33.8 Å². The first kappa shape index (κ1) is 14.1. The third-order valence-electron chi connectivity index (χ3n) is 3.59. The van der Waals surface area contributed by atoms with Crippen molar-refractivity contribution < 1.29 is 4.74 Å². The third-order valence-corrected chi connectivity index (χ3v) is 4.33. The Kier molecular flexibility index (Phi) is 5.31. The first-order valence-corrected chi connectivity index (χ1v) is 7.22. The molecule has 1 saturated carbocycles. The maximum Gasteiger partial charge on any atom is 0.0721 e. The van der Waals surface area contributed by atoms with Crippen LogP contribution in [0, 0.1) is 5.92 Å². The van der Waals surface area contributed by atoms with E-state index in [1.54, 1.807) is 0 Å². The van der Waals surface area contributed by atoms with E-state index in [9.17, 15) is 0 Å². The molecule has 0 heterocycles. The van der Waals surface area contributed by atoms with Gasteiger partial charge in [-0.05, 0) is 43.0 Å². The second-order valence-corrected chi connectivity index (χ2v) is 5.69. The number of halogens is 2. The predicted molar refractivity (Wildman–Crippen MR) is 76.1 cm³/mol. The van der Waals surface area contributed by atoms with Crippen LogP contribution < -0.4 is 5.73 Å². The van der Waals surface area contributed by atoms with E-state index in [4.69, 9.17) is 33.7 Å². The van der Waals surface area contributed by atoms with Crippen molar-refractivity contribution in [2.24, 2.45) is 11.7 Å². The van der Waals surface area contributed by atoms with E-state index >= 15 is 0 Å². The summed E-state index contributed by atoms with van der Waals surface area (Å²) in [6.45, 7) is 1.30. The first-order chi connectivity index (χ1) is 8.70. The molecule has 100 valence electrons. The summed E-state index contributed by atoms with van der Waals surface area (Å²) in [4.78, 5) is 0. The lowest BCUT2D eigenvalue weighted by Crippen LogP contribution is -2.33. The summed E-state index contributed by atoms with van der Waals surface area (Å²) in [6.07, 6.45) is 5.10. The fraction of sp³-hybridized carbons (Fsp3) is 0.571. The molecular weight excluding hydrogens is 269 g/mol. The average Bonchev–Trinajstić information content (AvgIpc) is 2.40. The maximum absolute atomic E-state index is 5.99. The van der Waals surface area contributed by atoms with Gasteiger partial charge in [0.05, 0.1) is 22.8 Å². The van der Waals surface area contributed by atoms with E-state index in [0.29, 0.717) is 35.2 Å². The molecule has 0 aliphatic heterocycles. The monoisotopic (exact) mass is 287 g/mol. The van der Waals surface area contributed by atoms with Crippen LogP contribution in [0.2, 0.25) is 10.0 Å². The van der Waals surface area contributed by atoms with Crippen LogP contribution in [0.5, 0.6) is 0 Å². The highest BCUT2D eigenvalue weighted by molar-refractivity contribution is 6.42. The fourth-order valence-corrected chi connectivity index (χ4v) is 2.82. The summed E-state index contributed by atoms with van der Waals surface area (Å²) >= 11 is 11.9. The lowest BCUT2D eigenvalue weighted by molar-refractivity contribution is -0.0182. The van der Waals surface area contributed by atoms with E-state index in [1.807, 2.05) is 18.2 Å². The van der Waals surface area contributed by atoms with Crippen molar-refractivity contribution in [3.63, 3.8) is 0 Å².